The third kappa shape index (κ3) is 7.17. The summed E-state index contributed by atoms with van der Waals surface area (Å²) in [5.41, 5.74) is 7.20. The number of nitrogens with one attached hydrogen (secondary N) is 1. The molecule has 0 unspecified atom stereocenters. The van der Waals surface area contributed by atoms with Gasteiger partial charge in [0.2, 0.25) is 0 Å². The summed E-state index contributed by atoms with van der Waals surface area (Å²) in [7, 11) is 1.64. The van der Waals surface area contributed by atoms with Gasteiger partial charge < -0.3 is 25.3 Å². The van der Waals surface area contributed by atoms with E-state index in [9.17, 15) is 4.79 Å². The highest BCUT2D eigenvalue weighted by Crippen LogP contribution is 2.36. The van der Waals surface area contributed by atoms with Crippen molar-refractivity contribution in [3.05, 3.63) is 52.5 Å². The lowest BCUT2D eigenvalue weighted by atomic mass is 10.1. The van der Waals surface area contributed by atoms with Gasteiger partial charge in [0.25, 0.3) is 5.91 Å². The van der Waals surface area contributed by atoms with Gasteiger partial charge in [0.15, 0.2) is 18.1 Å². The van der Waals surface area contributed by atoms with Crippen molar-refractivity contribution in [2.75, 3.05) is 20.3 Å². The van der Waals surface area contributed by atoms with Gasteiger partial charge in [-0.25, -0.2) is 0 Å². The normalized spacial score (nSPS) is 10.0. The molecular weight excluding hydrogens is 391 g/mol. The predicted octanol–water partition coefficient (Wildman–Crippen LogP) is 3.32. The second-order valence-electron chi connectivity index (χ2n) is 5.54. The number of methoxy groups -OCH3 is 1. The fraction of sp³-hybridized carbons (Fsp3) is 0.316. The zero-order valence-electron chi connectivity index (χ0n) is 15.3. The Hall–Kier alpha value is -2.15. The maximum Gasteiger partial charge on any atom is 0.255 e. The van der Waals surface area contributed by atoms with Crippen molar-refractivity contribution >= 4 is 29.9 Å². The van der Waals surface area contributed by atoms with Crippen molar-refractivity contribution in [2.24, 2.45) is 5.73 Å². The molecule has 0 aliphatic rings. The summed E-state index contributed by atoms with van der Waals surface area (Å²) in [6.07, 6.45) is 0. The molecule has 6 nitrogen and oxygen atoms in total. The number of hydrogen-bond acceptors (Lipinski definition) is 5. The van der Waals surface area contributed by atoms with Gasteiger partial charge in [0.1, 0.15) is 5.75 Å². The minimum atomic E-state index is -0.575. The van der Waals surface area contributed by atoms with E-state index in [-0.39, 0.29) is 19.0 Å². The Kier molecular flexibility index (Phi) is 9.78. The fourth-order valence-electron chi connectivity index (χ4n) is 2.36. The molecule has 148 valence electrons. The minimum Gasteiger partial charge on any atom is -0.497 e. The molecule has 0 fully saturated rings. The van der Waals surface area contributed by atoms with Crippen LogP contribution in [-0.4, -0.2) is 26.2 Å². The van der Waals surface area contributed by atoms with Crippen molar-refractivity contribution < 1.29 is 19.0 Å². The summed E-state index contributed by atoms with van der Waals surface area (Å²) in [4.78, 5) is 10.9. The van der Waals surface area contributed by atoms with E-state index in [4.69, 9.17) is 31.5 Å². The lowest BCUT2D eigenvalue weighted by molar-refractivity contribution is -0.119. The van der Waals surface area contributed by atoms with Crippen molar-refractivity contribution in [1.29, 1.82) is 0 Å². The van der Waals surface area contributed by atoms with E-state index in [1.165, 1.54) is 0 Å². The first-order valence-electron chi connectivity index (χ1n) is 8.23. The highest BCUT2D eigenvalue weighted by atomic mass is 35.5. The van der Waals surface area contributed by atoms with Crippen LogP contribution in [0.15, 0.2) is 36.4 Å². The third-order valence-electron chi connectivity index (χ3n) is 3.55. The quantitative estimate of drug-likeness (QED) is 0.622. The smallest absolute Gasteiger partial charge is 0.255 e. The van der Waals surface area contributed by atoms with E-state index >= 15 is 0 Å². The van der Waals surface area contributed by atoms with E-state index in [1.807, 2.05) is 37.3 Å². The Morgan fingerprint density at radius 1 is 1.11 bits per heavy atom. The van der Waals surface area contributed by atoms with Gasteiger partial charge in [-0.3, -0.25) is 4.79 Å². The zero-order valence-corrected chi connectivity index (χ0v) is 16.9. The Morgan fingerprint density at radius 2 is 1.78 bits per heavy atom. The van der Waals surface area contributed by atoms with Crippen LogP contribution in [0.25, 0.3) is 0 Å². The van der Waals surface area contributed by atoms with Gasteiger partial charge in [0.05, 0.1) is 18.7 Å². The van der Waals surface area contributed by atoms with Crippen molar-refractivity contribution in [2.45, 2.75) is 20.0 Å². The number of hydrogen-bond donors (Lipinski definition) is 2. The van der Waals surface area contributed by atoms with Crippen LogP contribution in [0.3, 0.4) is 0 Å². The third-order valence-corrected chi connectivity index (χ3v) is 3.83. The minimum absolute atomic E-state index is 0. The first-order valence-corrected chi connectivity index (χ1v) is 8.61. The highest BCUT2D eigenvalue weighted by molar-refractivity contribution is 6.32. The monoisotopic (exact) mass is 414 g/mol. The van der Waals surface area contributed by atoms with E-state index < -0.39 is 5.91 Å². The number of carbonyl (C=O) groups excluding carboxylic acids is 1. The molecule has 0 saturated heterocycles. The standard InChI is InChI=1S/C19H23ClN2O4.ClH/c1-3-25-17-9-14(8-16(20)19(17)26-12-18(21)23)11-22-10-13-4-6-15(24-2)7-5-13;/h4-9,22H,3,10-12H2,1-2H3,(H2,21,23);1H. The summed E-state index contributed by atoms with van der Waals surface area (Å²) in [6.45, 7) is 3.36. The van der Waals surface area contributed by atoms with Crippen LogP contribution >= 0.6 is 24.0 Å². The average molecular weight is 415 g/mol. The Labute approximate surface area is 170 Å². The average Bonchev–Trinajstić information content (AvgIpc) is 2.61. The summed E-state index contributed by atoms with van der Waals surface area (Å²) in [5, 5.41) is 3.73. The molecular formula is C19H24Cl2N2O4. The molecule has 2 aromatic rings. The molecule has 27 heavy (non-hydrogen) atoms. The van der Waals surface area contributed by atoms with Crippen LogP contribution in [0.2, 0.25) is 5.02 Å². The van der Waals surface area contributed by atoms with Gasteiger partial charge in [-0.1, -0.05) is 23.7 Å². The Morgan fingerprint density at radius 3 is 2.37 bits per heavy atom. The number of primary amides is 1. The molecule has 0 heterocycles. The SMILES string of the molecule is CCOc1cc(CNCc2ccc(OC)cc2)cc(Cl)c1OCC(N)=O.Cl. The number of nitrogens with two attached hydrogens (primary N) is 1. The Balaban J connectivity index is 0.00000364. The van der Waals surface area contributed by atoms with Gasteiger partial charge in [-0.2, -0.15) is 0 Å². The molecule has 0 saturated carbocycles. The molecule has 2 aromatic carbocycles. The molecule has 0 aromatic heterocycles. The topological polar surface area (TPSA) is 82.8 Å². The van der Waals surface area contributed by atoms with Crippen molar-refractivity contribution in [3.8, 4) is 17.2 Å². The fourth-order valence-corrected chi connectivity index (χ4v) is 2.65. The highest BCUT2D eigenvalue weighted by Gasteiger charge is 2.13. The largest absolute Gasteiger partial charge is 0.497 e. The van der Waals surface area contributed by atoms with Crippen LogP contribution in [0.1, 0.15) is 18.1 Å². The van der Waals surface area contributed by atoms with Crippen molar-refractivity contribution in [1.82, 2.24) is 5.32 Å². The van der Waals surface area contributed by atoms with Gasteiger partial charge in [-0.05, 0) is 42.3 Å². The summed E-state index contributed by atoms with van der Waals surface area (Å²) in [5.74, 6) is 1.07. The number of benzene rings is 2. The van der Waals surface area contributed by atoms with Gasteiger partial charge >= 0.3 is 0 Å². The van der Waals surface area contributed by atoms with Crippen LogP contribution in [0.4, 0.5) is 0 Å². The molecule has 2 rings (SSSR count). The van der Waals surface area contributed by atoms with E-state index in [2.05, 4.69) is 5.32 Å². The lowest BCUT2D eigenvalue weighted by Crippen LogP contribution is -2.20. The molecule has 0 aliphatic carbocycles. The molecule has 3 N–H and O–H groups in total. The second-order valence-corrected chi connectivity index (χ2v) is 5.95. The number of carbonyl (C=O) groups is 1. The summed E-state index contributed by atoms with van der Waals surface area (Å²) >= 11 is 6.28. The number of halogens is 2. The number of rotatable bonds is 10. The maximum absolute atomic E-state index is 10.9. The lowest BCUT2D eigenvalue weighted by Gasteiger charge is -2.15. The van der Waals surface area contributed by atoms with E-state index in [0.717, 1.165) is 16.9 Å². The first-order chi connectivity index (χ1) is 12.5. The van der Waals surface area contributed by atoms with Crippen LogP contribution < -0.4 is 25.3 Å². The number of amides is 1. The molecule has 0 radical (unpaired) electrons. The van der Waals surface area contributed by atoms with Gasteiger partial charge in [-0.15, -0.1) is 12.4 Å². The van der Waals surface area contributed by atoms with Crippen LogP contribution in [0, 0.1) is 0 Å². The Bertz CT molecular complexity index is 739. The number of ether oxygens (including phenoxy) is 3. The molecule has 0 bridgehead atoms. The van der Waals surface area contributed by atoms with E-state index in [0.29, 0.717) is 36.2 Å². The van der Waals surface area contributed by atoms with E-state index in [1.54, 1.807) is 13.2 Å². The first kappa shape index (κ1) is 22.9. The molecule has 8 heteroatoms. The summed E-state index contributed by atoms with van der Waals surface area (Å²) in [6, 6.07) is 11.5. The van der Waals surface area contributed by atoms with Crippen LogP contribution in [0.5, 0.6) is 17.2 Å². The van der Waals surface area contributed by atoms with Crippen LogP contribution in [-0.2, 0) is 17.9 Å². The second kappa shape index (κ2) is 11.5. The predicted molar refractivity (Wildman–Crippen MR) is 108 cm³/mol. The molecule has 1 amide bonds. The summed E-state index contributed by atoms with van der Waals surface area (Å²) < 4.78 is 16.1. The molecule has 0 spiro atoms. The van der Waals surface area contributed by atoms with Crippen molar-refractivity contribution in [3.63, 3.8) is 0 Å². The maximum atomic E-state index is 10.9. The van der Waals surface area contributed by atoms with Gasteiger partial charge in [0, 0.05) is 13.1 Å². The molecule has 0 aliphatic heterocycles. The zero-order chi connectivity index (χ0) is 18.9. The molecule has 0 atom stereocenters.